The van der Waals surface area contributed by atoms with E-state index in [4.69, 9.17) is 5.73 Å². The maximum absolute atomic E-state index is 14.5. The normalized spacial score (nSPS) is 13.9. The largest absolute Gasteiger partial charge is 0.368 e. The van der Waals surface area contributed by atoms with Crippen molar-refractivity contribution >= 4 is 34.6 Å². The van der Waals surface area contributed by atoms with Gasteiger partial charge in [0.1, 0.15) is 11.3 Å². The molecular weight excluding hydrogens is 473 g/mol. The van der Waals surface area contributed by atoms with Gasteiger partial charge in [-0.1, -0.05) is 25.3 Å². The van der Waals surface area contributed by atoms with Gasteiger partial charge in [0.05, 0.1) is 23.1 Å². The number of nitrogens with zero attached hydrogens (tertiary/aromatic N) is 5. The minimum atomic E-state index is -0.364. The maximum atomic E-state index is 14.5. The molecule has 0 saturated heterocycles. The van der Waals surface area contributed by atoms with E-state index in [1.165, 1.54) is 50.1 Å². The summed E-state index contributed by atoms with van der Waals surface area (Å²) in [5.74, 6) is -0.162. The van der Waals surface area contributed by atoms with Crippen molar-refractivity contribution in [1.82, 2.24) is 24.8 Å². The van der Waals surface area contributed by atoms with Gasteiger partial charge in [-0.3, -0.25) is 4.98 Å². The molecule has 1 aliphatic rings. The number of pyridine rings is 2. The molecule has 0 spiro atoms. The van der Waals surface area contributed by atoms with Gasteiger partial charge in [-0.05, 0) is 81.7 Å². The molecule has 0 aliphatic heterocycles. The Labute approximate surface area is 215 Å². The third kappa shape index (κ3) is 6.67. The van der Waals surface area contributed by atoms with Crippen LogP contribution in [0.15, 0.2) is 59.9 Å². The molecule has 3 aromatic heterocycles. The minimum absolute atomic E-state index is 0.202. The molecule has 0 unspecified atom stereocenters. The summed E-state index contributed by atoms with van der Waals surface area (Å²) in [6, 6.07) is 11.4. The fourth-order valence-electron chi connectivity index (χ4n) is 4.22. The predicted octanol–water partition coefficient (Wildman–Crippen LogP) is 6.12. The highest BCUT2D eigenvalue weighted by Gasteiger charge is 2.14. The van der Waals surface area contributed by atoms with E-state index < -0.39 is 0 Å². The Kier molecular flexibility index (Phi) is 8.66. The van der Waals surface area contributed by atoms with E-state index in [1.54, 1.807) is 24.7 Å². The van der Waals surface area contributed by atoms with E-state index in [1.807, 2.05) is 31.2 Å². The van der Waals surface area contributed by atoms with Crippen LogP contribution in [0, 0.1) is 12.7 Å². The summed E-state index contributed by atoms with van der Waals surface area (Å²) >= 11 is 1.30. The zero-order valence-electron chi connectivity index (χ0n) is 20.9. The SMILES string of the molecule is CN(C)C1CCCCC1.Cc1cc(-c2ccc(NSc3cccnc3)c(F)c2)nc2cnc(N)nc12. The molecule has 0 bridgehead atoms. The zero-order valence-corrected chi connectivity index (χ0v) is 21.7. The van der Waals surface area contributed by atoms with Crippen molar-refractivity contribution in [3.05, 3.63) is 66.4 Å². The van der Waals surface area contributed by atoms with Gasteiger partial charge in [-0.2, -0.15) is 0 Å². The van der Waals surface area contributed by atoms with Crippen LogP contribution in [0.1, 0.15) is 37.7 Å². The van der Waals surface area contributed by atoms with Gasteiger partial charge in [-0.15, -0.1) is 0 Å². The number of nitrogens with one attached hydrogen (secondary N) is 1. The Balaban J connectivity index is 0.000000286. The third-order valence-corrected chi connectivity index (χ3v) is 7.04. The lowest BCUT2D eigenvalue weighted by Gasteiger charge is -2.27. The van der Waals surface area contributed by atoms with Crippen molar-refractivity contribution in [3.8, 4) is 11.3 Å². The van der Waals surface area contributed by atoms with Crippen molar-refractivity contribution in [3.63, 3.8) is 0 Å². The van der Waals surface area contributed by atoms with E-state index >= 15 is 0 Å². The smallest absolute Gasteiger partial charge is 0.220 e. The van der Waals surface area contributed by atoms with E-state index in [-0.39, 0.29) is 11.8 Å². The Morgan fingerprint density at radius 2 is 1.86 bits per heavy atom. The van der Waals surface area contributed by atoms with Gasteiger partial charge >= 0.3 is 0 Å². The van der Waals surface area contributed by atoms with Crippen molar-refractivity contribution in [2.45, 2.75) is 50.0 Å². The van der Waals surface area contributed by atoms with Gasteiger partial charge in [-0.25, -0.2) is 19.3 Å². The number of hydrogen-bond acceptors (Lipinski definition) is 8. The summed E-state index contributed by atoms with van der Waals surface area (Å²) in [6.45, 7) is 1.91. The van der Waals surface area contributed by atoms with Crippen LogP contribution in [0.5, 0.6) is 0 Å². The summed E-state index contributed by atoms with van der Waals surface area (Å²) < 4.78 is 17.5. The lowest BCUT2D eigenvalue weighted by atomic mass is 9.95. The highest BCUT2D eigenvalue weighted by atomic mass is 32.2. The average Bonchev–Trinajstić information content (AvgIpc) is 2.90. The van der Waals surface area contributed by atoms with Crippen LogP contribution < -0.4 is 10.5 Å². The number of rotatable bonds is 5. The van der Waals surface area contributed by atoms with E-state index in [0.29, 0.717) is 28.0 Å². The van der Waals surface area contributed by atoms with Gasteiger partial charge in [0.25, 0.3) is 0 Å². The number of aromatic nitrogens is 4. The molecule has 3 heterocycles. The number of benzene rings is 1. The fourth-order valence-corrected chi connectivity index (χ4v) is 4.87. The molecule has 0 atom stereocenters. The molecule has 3 N–H and O–H groups in total. The summed E-state index contributed by atoms with van der Waals surface area (Å²) in [5, 5.41) is 0. The molecule has 1 saturated carbocycles. The number of aryl methyl sites for hydroxylation is 1. The molecule has 188 valence electrons. The van der Waals surface area contributed by atoms with Crippen molar-refractivity contribution in [2.24, 2.45) is 0 Å². The highest BCUT2D eigenvalue weighted by Crippen LogP contribution is 2.28. The number of anilines is 2. The second-order valence-electron chi connectivity index (χ2n) is 9.13. The van der Waals surface area contributed by atoms with Crippen LogP contribution in [0.25, 0.3) is 22.3 Å². The third-order valence-electron chi connectivity index (χ3n) is 6.24. The van der Waals surface area contributed by atoms with Gasteiger partial charge < -0.3 is 15.4 Å². The molecule has 1 aromatic carbocycles. The quantitative estimate of drug-likeness (QED) is 0.314. The second-order valence-corrected chi connectivity index (χ2v) is 10.0. The first-order valence-corrected chi connectivity index (χ1v) is 12.9. The molecule has 9 heteroatoms. The molecule has 0 amide bonds. The Morgan fingerprint density at radius 1 is 1.06 bits per heavy atom. The Hall–Kier alpha value is -3.30. The first-order valence-electron chi connectivity index (χ1n) is 12.1. The van der Waals surface area contributed by atoms with Crippen LogP contribution in [-0.4, -0.2) is 45.0 Å². The molecule has 7 nitrogen and oxygen atoms in total. The van der Waals surface area contributed by atoms with Gasteiger partial charge in [0.2, 0.25) is 5.95 Å². The lowest BCUT2D eigenvalue weighted by Crippen LogP contribution is -2.29. The minimum Gasteiger partial charge on any atom is -0.368 e. The first kappa shape index (κ1) is 25.8. The van der Waals surface area contributed by atoms with Crippen LogP contribution in [0.3, 0.4) is 0 Å². The number of nitrogens with two attached hydrogens (primary N) is 1. The zero-order chi connectivity index (χ0) is 25.5. The molecule has 1 fully saturated rings. The summed E-state index contributed by atoms with van der Waals surface area (Å²) in [4.78, 5) is 20.0. The standard InChI is InChI=1S/C19H15FN6S.C8H17N/c1-11-7-16(24-17-10-23-19(21)25-18(11)17)12-4-5-15(14(20)8-12)26-27-13-3-2-6-22-9-13;1-9(2)8-6-4-3-5-7-8/h2-10,26H,1H3,(H2,21,23,25);8H,3-7H2,1-2H3. The highest BCUT2D eigenvalue weighted by molar-refractivity contribution is 8.00. The topological polar surface area (TPSA) is 92.8 Å². The molecule has 5 rings (SSSR count). The van der Waals surface area contributed by atoms with Crippen LogP contribution >= 0.6 is 11.9 Å². The monoisotopic (exact) mass is 505 g/mol. The molecular formula is C27H32FN7S. The Morgan fingerprint density at radius 3 is 2.53 bits per heavy atom. The van der Waals surface area contributed by atoms with Gasteiger partial charge in [0, 0.05) is 28.9 Å². The van der Waals surface area contributed by atoms with E-state index in [9.17, 15) is 4.39 Å². The molecule has 4 aromatic rings. The average molecular weight is 506 g/mol. The summed E-state index contributed by atoms with van der Waals surface area (Å²) in [5.41, 5.74) is 9.56. The van der Waals surface area contributed by atoms with Crippen molar-refractivity contribution < 1.29 is 4.39 Å². The van der Waals surface area contributed by atoms with Crippen LogP contribution in [0.2, 0.25) is 0 Å². The van der Waals surface area contributed by atoms with Crippen molar-refractivity contribution in [1.29, 1.82) is 0 Å². The first-order chi connectivity index (χ1) is 17.4. The second kappa shape index (κ2) is 12.1. The number of halogens is 1. The van der Waals surface area contributed by atoms with Crippen LogP contribution in [0.4, 0.5) is 16.0 Å². The summed E-state index contributed by atoms with van der Waals surface area (Å²) in [7, 11) is 4.38. The number of fused-ring (bicyclic) bond motifs is 1. The maximum Gasteiger partial charge on any atom is 0.220 e. The predicted molar refractivity (Wildman–Crippen MR) is 146 cm³/mol. The van der Waals surface area contributed by atoms with Gasteiger partial charge in [0.15, 0.2) is 0 Å². The number of nitrogen functional groups attached to an aromatic ring is 1. The molecule has 36 heavy (non-hydrogen) atoms. The van der Waals surface area contributed by atoms with E-state index in [0.717, 1.165) is 16.5 Å². The summed E-state index contributed by atoms with van der Waals surface area (Å²) in [6.07, 6.45) is 12.2. The Bertz CT molecular complexity index is 1290. The molecule has 1 aliphatic carbocycles. The van der Waals surface area contributed by atoms with E-state index in [2.05, 4.69) is 43.7 Å². The number of hydrogen-bond donors (Lipinski definition) is 2. The fraction of sp³-hybridized carbons (Fsp3) is 0.333. The van der Waals surface area contributed by atoms with Crippen molar-refractivity contribution in [2.75, 3.05) is 24.6 Å². The lowest BCUT2D eigenvalue weighted by molar-refractivity contribution is 0.229. The van der Waals surface area contributed by atoms with Crippen LogP contribution in [-0.2, 0) is 0 Å². The molecule has 0 radical (unpaired) electrons.